The molecule has 194 valence electrons. The Morgan fingerprint density at radius 2 is 1.92 bits per heavy atom. The molecule has 0 bridgehead atoms. The zero-order valence-corrected chi connectivity index (χ0v) is 22.1. The lowest BCUT2D eigenvalue weighted by Gasteiger charge is -2.27. The van der Waals surface area contributed by atoms with Crippen molar-refractivity contribution in [2.24, 2.45) is 5.92 Å². The van der Waals surface area contributed by atoms with Gasteiger partial charge in [0.15, 0.2) is 0 Å². The minimum atomic E-state index is -0.794. The molecule has 2 unspecified atom stereocenters. The summed E-state index contributed by atoms with van der Waals surface area (Å²) in [5.74, 6) is 2.73. The van der Waals surface area contributed by atoms with E-state index in [4.69, 9.17) is 27.7 Å². The number of nitrogens with zero attached hydrogens (tertiary/aromatic N) is 2. The number of fused-ring (bicyclic) bond motifs is 4. The van der Waals surface area contributed by atoms with Crippen LogP contribution in [0.1, 0.15) is 41.3 Å². The number of terminal acetylenes is 1. The lowest BCUT2D eigenvalue weighted by Crippen LogP contribution is -2.22. The van der Waals surface area contributed by atoms with E-state index in [1.165, 1.54) is 0 Å². The maximum atomic E-state index is 11.6. The van der Waals surface area contributed by atoms with E-state index in [1.54, 1.807) is 0 Å². The third-order valence-corrected chi connectivity index (χ3v) is 7.80. The molecule has 1 aliphatic rings. The van der Waals surface area contributed by atoms with Gasteiger partial charge in [-0.25, -0.2) is 4.98 Å². The van der Waals surface area contributed by atoms with Gasteiger partial charge in [0.05, 0.1) is 11.2 Å². The standard InChI is InChI=1S/C33H27ClN2O3/c1-2-23-15-22(17-32(37)38)16-31-33(23)28-18-27(39-20-26-12-9-24-5-3-4-6-29(24)35-26)13-14-30(28)36(31)19-21-7-10-25(34)11-8-21/h1,3-14,18,22-23H,15-17,19-20H2,(H,37,38). The second-order valence-electron chi connectivity index (χ2n) is 10.2. The molecule has 0 saturated heterocycles. The molecule has 2 atom stereocenters. The smallest absolute Gasteiger partial charge is 0.303 e. The molecule has 1 aliphatic carbocycles. The van der Waals surface area contributed by atoms with Crippen molar-refractivity contribution in [3.05, 3.63) is 106 Å². The zero-order valence-electron chi connectivity index (χ0n) is 21.3. The minimum Gasteiger partial charge on any atom is -0.487 e. The number of hydrogen-bond donors (Lipinski definition) is 1. The second kappa shape index (κ2) is 10.5. The SMILES string of the molecule is C#CC1CC(CC(=O)O)Cc2c1c1cc(OCc3ccc4ccccc4n3)ccc1n2Cc1ccc(Cl)cc1. The first kappa shape index (κ1) is 25.0. The molecule has 0 fully saturated rings. The summed E-state index contributed by atoms with van der Waals surface area (Å²) >= 11 is 6.13. The molecule has 1 N–H and O–H groups in total. The van der Waals surface area contributed by atoms with Crippen molar-refractivity contribution >= 4 is 39.4 Å². The van der Waals surface area contributed by atoms with E-state index in [0.29, 0.717) is 31.0 Å². The van der Waals surface area contributed by atoms with Crippen LogP contribution in [0.15, 0.2) is 78.9 Å². The summed E-state index contributed by atoms with van der Waals surface area (Å²) in [4.78, 5) is 16.3. The van der Waals surface area contributed by atoms with E-state index in [1.807, 2.05) is 60.7 Å². The van der Waals surface area contributed by atoms with E-state index in [-0.39, 0.29) is 18.3 Å². The third kappa shape index (κ3) is 5.08. The van der Waals surface area contributed by atoms with Crippen molar-refractivity contribution in [3.8, 4) is 18.1 Å². The maximum absolute atomic E-state index is 11.6. The summed E-state index contributed by atoms with van der Waals surface area (Å²) in [6, 6.07) is 26.0. The zero-order chi connectivity index (χ0) is 26.9. The molecule has 0 radical (unpaired) electrons. The normalized spacial score (nSPS) is 16.6. The fraction of sp³-hybridized carbons (Fsp3) is 0.212. The molecule has 2 heterocycles. The molecule has 5 nitrogen and oxygen atoms in total. The van der Waals surface area contributed by atoms with E-state index in [9.17, 15) is 9.90 Å². The Morgan fingerprint density at radius 3 is 2.72 bits per heavy atom. The lowest BCUT2D eigenvalue weighted by molar-refractivity contribution is -0.138. The first-order chi connectivity index (χ1) is 19.0. The number of hydrogen-bond acceptors (Lipinski definition) is 3. The summed E-state index contributed by atoms with van der Waals surface area (Å²) in [7, 11) is 0. The highest BCUT2D eigenvalue weighted by Crippen LogP contribution is 2.43. The Balaban J connectivity index is 1.38. The number of benzene rings is 3. The Bertz CT molecular complexity index is 1730. The molecule has 0 saturated carbocycles. The molecular weight excluding hydrogens is 508 g/mol. The molecule has 2 aromatic heterocycles. The highest BCUT2D eigenvalue weighted by atomic mass is 35.5. The predicted molar refractivity (Wildman–Crippen MR) is 154 cm³/mol. The highest BCUT2D eigenvalue weighted by molar-refractivity contribution is 6.30. The number of carboxylic acid groups (broad SMARTS) is 1. The van der Waals surface area contributed by atoms with Gasteiger partial charge in [-0.1, -0.05) is 53.9 Å². The molecule has 5 aromatic rings. The van der Waals surface area contributed by atoms with E-state index in [2.05, 4.69) is 28.7 Å². The van der Waals surface area contributed by atoms with Crippen LogP contribution >= 0.6 is 11.6 Å². The number of halogens is 1. The summed E-state index contributed by atoms with van der Waals surface area (Å²) in [6.45, 7) is 0.991. The van der Waals surface area contributed by atoms with Gasteiger partial charge < -0.3 is 14.4 Å². The number of carboxylic acids is 1. The van der Waals surface area contributed by atoms with Crippen molar-refractivity contribution in [1.29, 1.82) is 0 Å². The van der Waals surface area contributed by atoms with E-state index < -0.39 is 5.97 Å². The molecular formula is C33H27ClN2O3. The topological polar surface area (TPSA) is 64.3 Å². The van der Waals surface area contributed by atoms with Gasteiger partial charge in [0.1, 0.15) is 12.4 Å². The van der Waals surface area contributed by atoms with Crippen LogP contribution in [-0.2, 0) is 24.4 Å². The first-order valence-corrected chi connectivity index (χ1v) is 13.4. The quantitative estimate of drug-likeness (QED) is 0.224. The van der Waals surface area contributed by atoms with Crippen molar-refractivity contribution in [3.63, 3.8) is 0 Å². The fourth-order valence-corrected chi connectivity index (χ4v) is 5.90. The molecule has 0 aliphatic heterocycles. The van der Waals surface area contributed by atoms with Gasteiger partial charge in [0.2, 0.25) is 0 Å². The van der Waals surface area contributed by atoms with E-state index in [0.717, 1.165) is 50.1 Å². The summed E-state index contributed by atoms with van der Waals surface area (Å²) in [5.41, 5.74) is 6.18. The summed E-state index contributed by atoms with van der Waals surface area (Å²) in [5, 5.41) is 12.3. The van der Waals surface area contributed by atoms with Crippen LogP contribution in [0.5, 0.6) is 5.75 Å². The van der Waals surface area contributed by atoms with Gasteiger partial charge in [-0.15, -0.1) is 6.42 Å². The number of aliphatic carboxylic acids is 1. The fourth-order valence-electron chi connectivity index (χ4n) is 5.77. The molecule has 39 heavy (non-hydrogen) atoms. The molecule has 0 amide bonds. The predicted octanol–water partition coefficient (Wildman–Crippen LogP) is 7.22. The number of pyridine rings is 1. The van der Waals surface area contributed by atoms with Crippen LogP contribution in [-0.4, -0.2) is 20.6 Å². The van der Waals surface area contributed by atoms with Crippen LogP contribution < -0.4 is 4.74 Å². The molecule has 6 heteroatoms. The average molecular weight is 535 g/mol. The highest BCUT2D eigenvalue weighted by Gasteiger charge is 2.32. The Hall–Kier alpha value is -4.27. The van der Waals surface area contributed by atoms with Gasteiger partial charge >= 0.3 is 5.97 Å². The van der Waals surface area contributed by atoms with Crippen molar-refractivity contribution in [2.75, 3.05) is 0 Å². The Morgan fingerprint density at radius 1 is 1.10 bits per heavy atom. The van der Waals surface area contributed by atoms with Gasteiger partial charge in [0, 0.05) is 45.9 Å². The molecule has 3 aromatic carbocycles. The average Bonchev–Trinajstić information content (AvgIpc) is 3.24. The van der Waals surface area contributed by atoms with Gasteiger partial charge in [0.25, 0.3) is 0 Å². The molecule has 0 spiro atoms. The van der Waals surface area contributed by atoms with Crippen LogP contribution in [0.2, 0.25) is 5.02 Å². The van der Waals surface area contributed by atoms with Crippen LogP contribution in [0.25, 0.3) is 21.8 Å². The molecule has 6 rings (SSSR count). The largest absolute Gasteiger partial charge is 0.487 e. The third-order valence-electron chi connectivity index (χ3n) is 7.55. The maximum Gasteiger partial charge on any atom is 0.303 e. The van der Waals surface area contributed by atoms with Crippen LogP contribution in [0.3, 0.4) is 0 Å². The number of ether oxygens (including phenoxy) is 1. The summed E-state index contributed by atoms with van der Waals surface area (Å²) < 4.78 is 8.49. The van der Waals surface area contributed by atoms with Crippen LogP contribution in [0.4, 0.5) is 0 Å². The number of para-hydroxylation sites is 1. The van der Waals surface area contributed by atoms with Crippen molar-refractivity contribution in [1.82, 2.24) is 9.55 Å². The number of rotatable bonds is 7. The minimum absolute atomic E-state index is 0.0148. The summed E-state index contributed by atoms with van der Waals surface area (Å²) in [6.07, 6.45) is 7.46. The Kier molecular flexibility index (Phi) is 6.72. The van der Waals surface area contributed by atoms with Crippen molar-refractivity contribution in [2.45, 2.75) is 38.3 Å². The van der Waals surface area contributed by atoms with Crippen LogP contribution in [0, 0.1) is 18.3 Å². The van der Waals surface area contributed by atoms with Gasteiger partial charge in [-0.3, -0.25) is 4.79 Å². The lowest BCUT2D eigenvalue weighted by atomic mass is 9.78. The van der Waals surface area contributed by atoms with Gasteiger partial charge in [-0.2, -0.15) is 0 Å². The Labute approximate surface area is 232 Å². The number of aromatic nitrogens is 2. The van der Waals surface area contributed by atoms with Gasteiger partial charge in [-0.05, 0) is 72.4 Å². The number of carbonyl (C=O) groups is 1. The van der Waals surface area contributed by atoms with Crippen molar-refractivity contribution < 1.29 is 14.6 Å². The second-order valence-corrected chi connectivity index (χ2v) is 10.6. The monoisotopic (exact) mass is 534 g/mol. The first-order valence-electron chi connectivity index (χ1n) is 13.0. The van der Waals surface area contributed by atoms with E-state index >= 15 is 0 Å².